The molecule has 3 rings (SSSR count). The number of carbonyl (C=O) groups is 1. The van der Waals surface area contributed by atoms with Crippen molar-refractivity contribution in [1.29, 1.82) is 0 Å². The largest absolute Gasteiger partial charge is 0.496 e. The first-order valence-corrected chi connectivity index (χ1v) is 6.83. The van der Waals surface area contributed by atoms with E-state index >= 15 is 0 Å². The zero-order valence-corrected chi connectivity index (χ0v) is 11.5. The number of nitrogens with zero attached hydrogens (tertiary/aromatic N) is 1. The summed E-state index contributed by atoms with van der Waals surface area (Å²) in [6, 6.07) is 5.77. The molecular formula is C15H20N2O2. The predicted octanol–water partition coefficient (Wildman–Crippen LogP) is 1.30. The third-order valence-electron chi connectivity index (χ3n) is 4.26. The molecule has 1 N–H and O–H groups in total. The third-order valence-corrected chi connectivity index (χ3v) is 4.26. The molecule has 2 aliphatic heterocycles. The molecule has 0 aliphatic carbocycles. The van der Waals surface area contributed by atoms with Crippen LogP contribution in [0.4, 0.5) is 0 Å². The summed E-state index contributed by atoms with van der Waals surface area (Å²) >= 11 is 0. The van der Waals surface area contributed by atoms with Gasteiger partial charge in [-0.25, -0.2) is 0 Å². The number of ether oxygens (including phenoxy) is 1. The molecule has 2 unspecified atom stereocenters. The summed E-state index contributed by atoms with van der Waals surface area (Å²) in [4.78, 5) is 14.6. The summed E-state index contributed by atoms with van der Waals surface area (Å²) in [7, 11) is 1.62. The number of hydrogen-bond donors (Lipinski definition) is 1. The highest BCUT2D eigenvalue weighted by molar-refractivity contribution is 5.97. The van der Waals surface area contributed by atoms with Crippen molar-refractivity contribution in [2.24, 2.45) is 11.8 Å². The van der Waals surface area contributed by atoms with Crippen molar-refractivity contribution >= 4 is 5.91 Å². The molecule has 0 spiro atoms. The second-order valence-corrected chi connectivity index (χ2v) is 5.59. The predicted molar refractivity (Wildman–Crippen MR) is 73.5 cm³/mol. The number of hydrogen-bond acceptors (Lipinski definition) is 3. The van der Waals surface area contributed by atoms with Crippen molar-refractivity contribution in [3.63, 3.8) is 0 Å². The molecule has 1 amide bonds. The Morgan fingerprint density at radius 3 is 2.63 bits per heavy atom. The van der Waals surface area contributed by atoms with Gasteiger partial charge in [0.15, 0.2) is 0 Å². The molecule has 102 valence electrons. The number of aryl methyl sites for hydroxylation is 1. The number of amides is 1. The van der Waals surface area contributed by atoms with Crippen LogP contribution in [-0.4, -0.2) is 44.1 Å². The molecular weight excluding hydrogens is 240 g/mol. The fourth-order valence-corrected chi connectivity index (χ4v) is 3.18. The number of carbonyl (C=O) groups excluding carboxylic acids is 1. The van der Waals surface area contributed by atoms with Crippen LogP contribution in [0, 0.1) is 18.8 Å². The van der Waals surface area contributed by atoms with Gasteiger partial charge in [0.2, 0.25) is 0 Å². The Labute approximate surface area is 113 Å². The van der Waals surface area contributed by atoms with E-state index in [-0.39, 0.29) is 5.91 Å². The highest BCUT2D eigenvalue weighted by atomic mass is 16.5. The zero-order valence-electron chi connectivity index (χ0n) is 11.5. The Kier molecular flexibility index (Phi) is 3.19. The number of methoxy groups -OCH3 is 1. The van der Waals surface area contributed by atoms with Crippen LogP contribution in [0.15, 0.2) is 18.2 Å². The van der Waals surface area contributed by atoms with Gasteiger partial charge in [-0.1, -0.05) is 11.6 Å². The summed E-state index contributed by atoms with van der Waals surface area (Å²) < 4.78 is 5.32. The molecule has 2 fully saturated rings. The number of nitrogens with one attached hydrogen (secondary N) is 1. The van der Waals surface area contributed by atoms with Crippen molar-refractivity contribution < 1.29 is 9.53 Å². The topological polar surface area (TPSA) is 41.6 Å². The molecule has 0 radical (unpaired) electrons. The quantitative estimate of drug-likeness (QED) is 0.871. The lowest BCUT2D eigenvalue weighted by Gasteiger charge is -2.19. The van der Waals surface area contributed by atoms with E-state index in [9.17, 15) is 4.79 Å². The highest BCUT2D eigenvalue weighted by Crippen LogP contribution is 2.29. The number of rotatable bonds is 2. The number of benzene rings is 1. The van der Waals surface area contributed by atoms with Gasteiger partial charge in [0.05, 0.1) is 12.7 Å². The molecule has 2 aliphatic rings. The molecule has 4 nitrogen and oxygen atoms in total. The maximum atomic E-state index is 12.6. The van der Waals surface area contributed by atoms with Crippen LogP contribution in [0.2, 0.25) is 0 Å². The fourth-order valence-electron chi connectivity index (χ4n) is 3.18. The Morgan fingerprint density at radius 1 is 1.32 bits per heavy atom. The van der Waals surface area contributed by atoms with Gasteiger partial charge in [-0.15, -0.1) is 0 Å². The van der Waals surface area contributed by atoms with Crippen LogP contribution in [-0.2, 0) is 0 Å². The third kappa shape index (κ3) is 2.21. The van der Waals surface area contributed by atoms with Gasteiger partial charge >= 0.3 is 0 Å². The first kappa shape index (κ1) is 12.5. The van der Waals surface area contributed by atoms with Crippen LogP contribution in [0.1, 0.15) is 15.9 Å². The first-order chi connectivity index (χ1) is 9.19. The molecule has 2 atom stereocenters. The minimum absolute atomic E-state index is 0.106. The second-order valence-electron chi connectivity index (χ2n) is 5.59. The van der Waals surface area contributed by atoms with Gasteiger partial charge in [-0.2, -0.15) is 0 Å². The molecule has 4 heteroatoms. The standard InChI is InChI=1S/C15H20N2O2/c1-10-3-4-14(19-2)13(5-10)15(18)17-8-11-6-16-7-12(11)9-17/h3-5,11-12,16H,6-9H2,1-2H3. The average Bonchev–Trinajstić information content (AvgIpc) is 2.98. The van der Waals surface area contributed by atoms with Crippen molar-refractivity contribution in [3.8, 4) is 5.75 Å². The molecule has 0 aromatic heterocycles. The van der Waals surface area contributed by atoms with Crippen LogP contribution in [0.5, 0.6) is 5.75 Å². The van der Waals surface area contributed by atoms with Gasteiger partial charge in [-0.05, 0) is 30.9 Å². The lowest BCUT2D eigenvalue weighted by molar-refractivity contribution is 0.0778. The van der Waals surface area contributed by atoms with Crippen molar-refractivity contribution in [1.82, 2.24) is 10.2 Å². The van der Waals surface area contributed by atoms with E-state index in [0.29, 0.717) is 23.1 Å². The SMILES string of the molecule is COc1ccc(C)cc1C(=O)N1CC2CNCC2C1. The van der Waals surface area contributed by atoms with E-state index in [2.05, 4.69) is 5.32 Å². The van der Waals surface area contributed by atoms with Crippen LogP contribution < -0.4 is 10.1 Å². The molecule has 2 saturated heterocycles. The van der Waals surface area contributed by atoms with E-state index in [1.165, 1.54) is 0 Å². The van der Waals surface area contributed by atoms with Crippen molar-refractivity contribution in [3.05, 3.63) is 29.3 Å². The van der Waals surface area contributed by atoms with E-state index in [0.717, 1.165) is 31.7 Å². The summed E-state index contributed by atoms with van der Waals surface area (Å²) in [5.41, 5.74) is 1.78. The van der Waals surface area contributed by atoms with Gasteiger partial charge in [0.25, 0.3) is 5.91 Å². The fraction of sp³-hybridized carbons (Fsp3) is 0.533. The molecule has 0 bridgehead atoms. The van der Waals surface area contributed by atoms with Crippen molar-refractivity contribution in [2.45, 2.75) is 6.92 Å². The first-order valence-electron chi connectivity index (χ1n) is 6.83. The Hall–Kier alpha value is -1.55. The minimum Gasteiger partial charge on any atom is -0.496 e. The molecule has 2 heterocycles. The normalized spacial score (nSPS) is 25.5. The molecule has 1 aromatic carbocycles. The summed E-state index contributed by atoms with van der Waals surface area (Å²) in [5.74, 6) is 2.03. The van der Waals surface area contributed by atoms with Gasteiger partial charge < -0.3 is 15.0 Å². The molecule has 1 aromatic rings. The lowest BCUT2D eigenvalue weighted by atomic mass is 10.0. The van der Waals surface area contributed by atoms with Crippen LogP contribution in [0.3, 0.4) is 0 Å². The summed E-state index contributed by atoms with van der Waals surface area (Å²) in [6.07, 6.45) is 0. The number of fused-ring (bicyclic) bond motifs is 1. The smallest absolute Gasteiger partial charge is 0.257 e. The van der Waals surface area contributed by atoms with Gasteiger partial charge in [0, 0.05) is 26.2 Å². The van der Waals surface area contributed by atoms with Crippen LogP contribution >= 0.6 is 0 Å². The van der Waals surface area contributed by atoms with E-state index in [1.54, 1.807) is 7.11 Å². The lowest BCUT2D eigenvalue weighted by Crippen LogP contribution is -2.32. The minimum atomic E-state index is 0.106. The summed E-state index contributed by atoms with van der Waals surface area (Å²) in [5, 5.41) is 3.39. The monoisotopic (exact) mass is 260 g/mol. The maximum Gasteiger partial charge on any atom is 0.257 e. The highest BCUT2D eigenvalue weighted by Gasteiger charge is 2.38. The Morgan fingerprint density at radius 2 is 2.00 bits per heavy atom. The number of likely N-dealkylation sites (tertiary alicyclic amines) is 1. The van der Waals surface area contributed by atoms with Gasteiger partial charge in [-0.3, -0.25) is 4.79 Å². The van der Waals surface area contributed by atoms with Crippen LogP contribution in [0.25, 0.3) is 0 Å². The Balaban J connectivity index is 1.82. The van der Waals surface area contributed by atoms with Gasteiger partial charge in [0.1, 0.15) is 5.75 Å². The molecule has 0 saturated carbocycles. The Bertz CT molecular complexity index is 489. The van der Waals surface area contributed by atoms with Crippen molar-refractivity contribution in [2.75, 3.05) is 33.3 Å². The average molecular weight is 260 g/mol. The maximum absolute atomic E-state index is 12.6. The summed E-state index contributed by atoms with van der Waals surface area (Å²) in [6.45, 7) is 5.82. The van der Waals surface area contributed by atoms with E-state index in [1.807, 2.05) is 30.0 Å². The molecule has 19 heavy (non-hydrogen) atoms. The van der Waals surface area contributed by atoms with E-state index in [4.69, 9.17) is 4.74 Å². The zero-order chi connectivity index (χ0) is 13.4. The second kappa shape index (κ2) is 4.85. The van der Waals surface area contributed by atoms with E-state index < -0.39 is 0 Å².